The molecule has 6 nitrogen and oxygen atoms in total. The van der Waals surface area contributed by atoms with Gasteiger partial charge in [0.1, 0.15) is 5.75 Å². The number of para-hydroxylation sites is 2. The molecule has 42 heavy (non-hydrogen) atoms. The summed E-state index contributed by atoms with van der Waals surface area (Å²) in [5.74, 6) is 1.14. The molecule has 3 aromatic carbocycles. The molecule has 0 radical (unpaired) electrons. The van der Waals surface area contributed by atoms with Crippen LogP contribution in [0.3, 0.4) is 0 Å². The lowest BCUT2D eigenvalue weighted by Crippen LogP contribution is -2.48. The van der Waals surface area contributed by atoms with Gasteiger partial charge in [-0.05, 0) is 92.8 Å². The highest BCUT2D eigenvalue weighted by Crippen LogP contribution is 2.46. The number of amides is 1. The lowest BCUT2D eigenvalue weighted by atomic mass is 9.79. The van der Waals surface area contributed by atoms with Gasteiger partial charge in [0.05, 0.1) is 17.7 Å². The number of amidine groups is 1. The monoisotopic (exact) mass is 578 g/mol. The largest absolute Gasteiger partial charge is 0.496 e. The Kier molecular flexibility index (Phi) is 7.62. The maximum atomic E-state index is 14.0. The minimum Gasteiger partial charge on any atom is -0.496 e. The number of aromatic nitrogens is 1. The number of ether oxygens (including phenoxy) is 1. The Morgan fingerprint density at radius 3 is 2.64 bits per heavy atom. The van der Waals surface area contributed by atoms with Crippen LogP contribution < -0.4 is 9.64 Å². The van der Waals surface area contributed by atoms with E-state index < -0.39 is 0 Å². The molecule has 0 bridgehead atoms. The number of nitrogens with one attached hydrogen (secondary N) is 1. The fourth-order valence-corrected chi connectivity index (χ4v) is 7.54. The number of carbonyl (C=O) groups excluding carboxylic acids is 1. The summed E-state index contributed by atoms with van der Waals surface area (Å²) in [6.45, 7) is 10.6. The van der Waals surface area contributed by atoms with Gasteiger partial charge >= 0.3 is 0 Å². The highest BCUT2D eigenvalue weighted by molar-refractivity contribution is 8.18. The first-order valence-electron chi connectivity index (χ1n) is 14.7. The molecule has 1 fully saturated rings. The lowest BCUT2D eigenvalue weighted by Gasteiger charge is -2.47. The lowest BCUT2D eigenvalue weighted by molar-refractivity contribution is -0.122. The van der Waals surface area contributed by atoms with E-state index in [9.17, 15) is 4.79 Å². The second kappa shape index (κ2) is 11.4. The second-order valence-electron chi connectivity index (χ2n) is 11.7. The molecular formula is C35H38N4O2S. The van der Waals surface area contributed by atoms with Crippen LogP contribution in [0.15, 0.2) is 82.8 Å². The van der Waals surface area contributed by atoms with Crippen molar-refractivity contribution in [1.82, 2.24) is 9.88 Å². The van der Waals surface area contributed by atoms with Crippen LogP contribution in [-0.2, 0) is 11.2 Å². The molecule has 7 heteroatoms. The second-order valence-corrected chi connectivity index (χ2v) is 12.7. The summed E-state index contributed by atoms with van der Waals surface area (Å²) in [5, 5.41) is 1.88. The number of anilines is 1. The summed E-state index contributed by atoms with van der Waals surface area (Å²) in [7, 11) is 1.71. The van der Waals surface area contributed by atoms with Crippen molar-refractivity contribution < 1.29 is 9.53 Å². The number of thioether (sulfide) groups is 1. The van der Waals surface area contributed by atoms with Crippen LogP contribution in [-0.4, -0.2) is 46.7 Å². The predicted molar refractivity (Wildman–Crippen MR) is 176 cm³/mol. The van der Waals surface area contributed by atoms with E-state index in [1.807, 2.05) is 59.6 Å². The summed E-state index contributed by atoms with van der Waals surface area (Å²) in [5.41, 5.74) is 6.63. The SMILES string of the molecule is CCN1c2cc(OC)c(/C=C3/SC(=Nc4ccccc4)N(CCc4c[nH]c5ccccc45)C3=O)cc2C(C)CC1(C)C. The van der Waals surface area contributed by atoms with Crippen molar-refractivity contribution >= 4 is 51.2 Å². The van der Waals surface area contributed by atoms with Crippen molar-refractivity contribution in [3.8, 4) is 5.75 Å². The molecule has 1 N–H and O–H groups in total. The van der Waals surface area contributed by atoms with E-state index in [0.717, 1.165) is 41.9 Å². The zero-order chi connectivity index (χ0) is 29.4. The van der Waals surface area contributed by atoms with E-state index in [1.165, 1.54) is 34.0 Å². The number of aliphatic imine (C=N–C) groups is 1. The molecule has 1 unspecified atom stereocenters. The molecule has 6 rings (SSSR count). The first-order chi connectivity index (χ1) is 20.3. The van der Waals surface area contributed by atoms with Gasteiger partial charge in [-0.15, -0.1) is 0 Å². The molecule has 1 saturated heterocycles. The van der Waals surface area contributed by atoms with Gasteiger partial charge in [-0.1, -0.05) is 43.3 Å². The maximum Gasteiger partial charge on any atom is 0.266 e. The van der Waals surface area contributed by atoms with Crippen molar-refractivity contribution in [3.05, 3.63) is 94.5 Å². The molecule has 2 aliphatic rings. The van der Waals surface area contributed by atoms with Crippen LogP contribution in [0, 0.1) is 0 Å². The Balaban J connectivity index is 1.36. The Labute approximate surface area is 252 Å². The third kappa shape index (κ3) is 5.22. The first kappa shape index (κ1) is 28.2. The molecule has 1 atom stereocenters. The third-order valence-electron chi connectivity index (χ3n) is 8.49. The topological polar surface area (TPSA) is 60.9 Å². The maximum absolute atomic E-state index is 14.0. The molecule has 1 aromatic heterocycles. The minimum absolute atomic E-state index is 0.0290. The summed E-state index contributed by atoms with van der Waals surface area (Å²) >= 11 is 1.43. The smallest absolute Gasteiger partial charge is 0.266 e. The van der Waals surface area contributed by atoms with Crippen molar-refractivity contribution in [2.24, 2.45) is 4.99 Å². The van der Waals surface area contributed by atoms with Crippen LogP contribution >= 0.6 is 11.8 Å². The predicted octanol–water partition coefficient (Wildman–Crippen LogP) is 8.14. The van der Waals surface area contributed by atoms with Crippen LogP contribution in [0.25, 0.3) is 17.0 Å². The van der Waals surface area contributed by atoms with Gasteiger partial charge in [-0.25, -0.2) is 4.99 Å². The Bertz CT molecular complexity index is 1690. The number of carbonyl (C=O) groups is 1. The standard InChI is InChI=1S/C35H38N4O2S/c1-6-39-30-20-31(41-5)25(18-28(30)23(2)21-35(39,3)4)19-32-33(40)38(34(42-32)37-26-12-8-7-9-13-26)17-16-24-22-36-29-15-11-10-14-27(24)29/h7-15,18-20,22-23,36H,6,16-17,21H2,1-5H3/b32-19+,37-34?. The number of hydrogen-bond donors (Lipinski definition) is 1. The molecule has 2 aliphatic heterocycles. The highest BCUT2D eigenvalue weighted by Gasteiger charge is 2.37. The van der Waals surface area contributed by atoms with Crippen LogP contribution in [0.1, 0.15) is 56.7 Å². The highest BCUT2D eigenvalue weighted by atomic mass is 32.2. The number of rotatable bonds is 7. The summed E-state index contributed by atoms with van der Waals surface area (Å²) < 4.78 is 5.90. The molecule has 0 saturated carbocycles. The van der Waals surface area contributed by atoms with Crippen molar-refractivity contribution in [1.29, 1.82) is 0 Å². The van der Waals surface area contributed by atoms with Gasteiger partial charge < -0.3 is 14.6 Å². The van der Waals surface area contributed by atoms with E-state index >= 15 is 0 Å². The fourth-order valence-electron chi connectivity index (χ4n) is 6.53. The number of hydrogen-bond acceptors (Lipinski definition) is 5. The first-order valence-corrected chi connectivity index (χ1v) is 15.5. The molecule has 216 valence electrons. The van der Waals surface area contributed by atoms with Crippen LogP contribution in [0.2, 0.25) is 0 Å². The zero-order valence-corrected chi connectivity index (χ0v) is 25.8. The molecule has 0 spiro atoms. The number of H-pyrrole nitrogens is 1. The number of aromatic amines is 1. The van der Waals surface area contributed by atoms with E-state index in [4.69, 9.17) is 9.73 Å². The molecular weight excluding hydrogens is 540 g/mol. The van der Waals surface area contributed by atoms with Crippen LogP contribution in [0.4, 0.5) is 11.4 Å². The number of fused-ring (bicyclic) bond motifs is 2. The number of benzene rings is 3. The Hall–Kier alpha value is -3.97. The Morgan fingerprint density at radius 2 is 1.88 bits per heavy atom. The van der Waals surface area contributed by atoms with E-state index in [1.54, 1.807) is 7.11 Å². The molecule has 4 aromatic rings. The molecule has 0 aliphatic carbocycles. The summed E-state index contributed by atoms with van der Waals surface area (Å²) in [6, 6.07) is 22.5. The van der Waals surface area contributed by atoms with Gasteiger partial charge in [-0.2, -0.15) is 0 Å². The van der Waals surface area contributed by atoms with Gasteiger partial charge in [0.2, 0.25) is 0 Å². The third-order valence-corrected chi connectivity index (χ3v) is 9.50. The number of nitrogens with zero attached hydrogens (tertiary/aromatic N) is 3. The summed E-state index contributed by atoms with van der Waals surface area (Å²) in [6.07, 6.45) is 5.82. The average molecular weight is 579 g/mol. The fraction of sp³-hybridized carbons (Fsp3) is 0.314. The normalized spacial score (nSPS) is 20.1. The van der Waals surface area contributed by atoms with Crippen molar-refractivity contribution in [2.45, 2.75) is 52.0 Å². The number of methoxy groups -OCH3 is 1. The minimum atomic E-state index is -0.0290. The van der Waals surface area contributed by atoms with E-state index in [-0.39, 0.29) is 11.4 Å². The zero-order valence-electron chi connectivity index (χ0n) is 25.0. The van der Waals surface area contributed by atoms with Crippen molar-refractivity contribution in [3.63, 3.8) is 0 Å². The molecule has 1 amide bonds. The molecule has 3 heterocycles. The Morgan fingerprint density at radius 1 is 1.12 bits per heavy atom. The quantitative estimate of drug-likeness (QED) is 0.225. The average Bonchev–Trinajstić information content (AvgIpc) is 3.52. The van der Waals surface area contributed by atoms with E-state index in [2.05, 4.69) is 61.8 Å². The van der Waals surface area contributed by atoms with Gasteiger partial charge in [-0.3, -0.25) is 9.69 Å². The van der Waals surface area contributed by atoms with Gasteiger partial charge in [0.15, 0.2) is 5.17 Å². The van der Waals surface area contributed by atoms with Gasteiger partial charge in [0.25, 0.3) is 5.91 Å². The van der Waals surface area contributed by atoms with Crippen molar-refractivity contribution in [2.75, 3.05) is 25.1 Å². The summed E-state index contributed by atoms with van der Waals surface area (Å²) in [4.78, 5) is 27.2. The van der Waals surface area contributed by atoms with Crippen LogP contribution in [0.5, 0.6) is 5.75 Å². The van der Waals surface area contributed by atoms with Gasteiger partial charge in [0, 0.05) is 53.0 Å². The van der Waals surface area contributed by atoms with E-state index in [0.29, 0.717) is 22.5 Å².